The average molecular weight is 389 g/mol. The summed E-state index contributed by atoms with van der Waals surface area (Å²) in [6.07, 6.45) is 1.32. The van der Waals surface area contributed by atoms with Crippen LogP contribution in [0.25, 0.3) is 0 Å². The van der Waals surface area contributed by atoms with E-state index in [1.165, 1.54) is 15.5 Å². The number of rotatable bonds is 5. The molecule has 28 heavy (non-hydrogen) atoms. The van der Waals surface area contributed by atoms with Crippen LogP contribution >= 0.6 is 0 Å². The number of piperazine rings is 1. The maximum atomic E-state index is 13.8. The van der Waals surface area contributed by atoms with E-state index in [0.29, 0.717) is 43.7 Å². The number of carboxylic acid groups (broad SMARTS) is 1. The minimum Gasteiger partial charge on any atom is -0.503 e. The van der Waals surface area contributed by atoms with Crippen molar-refractivity contribution in [3.05, 3.63) is 63.8 Å². The minimum atomic E-state index is -0.926. The highest BCUT2D eigenvalue weighted by Gasteiger charge is 2.29. The highest BCUT2D eigenvalue weighted by Crippen LogP contribution is 2.19. The number of aromatic hydroxyl groups is 1. The van der Waals surface area contributed by atoms with Gasteiger partial charge < -0.3 is 19.7 Å². The largest absolute Gasteiger partial charge is 0.503 e. The first kappa shape index (κ1) is 19.9. The highest BCUT2D eigenvalue weighted by molar-refractivity contribution is 5.65. The zero-order valence-corrected chi connectivity index (χ0v) is 15.7. The van der Waals surface area contributed by atoms with Crippen LogP contribution in [0.3, 0.4) is 0 Å². The molecule has 1 unspecified atom stereocenters. The van der Waals surface area contributed by atoms with Crippen molar-refractivity contribution < 1.29 is 19.4 Å². The molecule has 1 fully saturated rings. The fraction of sp³-hybridized carbons (Fsp3) is 0.400. The van der Waals surface area contributed by atoms with Gasteiger partial charge in [-0.2, -0.15) is 0 Å². The summed E-state index contributed by atoms with van der Waals surface area (Å²) in [5.41, 5.74) is 0.276. The Bertz CT molecular complexity index is 915. The van der Waals surface area contributed by atoms with E-state index in [9.17, 15) is 24.2 Å². The molecule has 1 aliphatic rings. The van der Waals surface area contributed by atoms with E-state index in [-0.39, 0.29) is 18.3 Å². The average Bonchev–Trinajstić information content (AvgIpc) is 2.69. The molecule has 1 amide bonds. The molecule has 0 spiro atoms. The third-order valence-corrected chi connectivity index (χ3v) is 5.20. The molecular weight excluding hydrogens is 365 g/mol. The third-order valence-electron chi connectivity index (χ3n) is 5.20. The van der Waals surface area contributed by atoms with Crippen LogP contribution in [-0.2, 0) is 13.1 Å². The van der Waals surface area contributed by atoms with Gasteiger partial charge in [0, 0.05) is 49.5 Å². The summed E-state index contributed by atoms with van der Waals surface area (Å²) in [6, 6.07) is 7.74. The molecule has 1 saturated heterocycles. The first-order chi connectivity index (χ1) is 13.4. The number of halogens is 1. The van der Waals surface area contributed by atoms with Gasteiger partial charge in [-0.15, -0.1) is 0 Å². The molecule has 8 heteroatoms. The summed E-state index contributed by atoms with van der Waals surface area (Å²) in [5.74, 6) is -0.757. The van der Waals surface area contributed by atoms with Crippen molar-refractivity contribution in [3.8, 4) is 5.75 Å². The first-order valence-corrected chi connectivity index (χ1v) is 9.27. The van der Waals surface area contributed by atoms with Crippen LogP contribution in [0.2, 0.25) is 0 Å². The smallest absolute Gasteiger partial charge is 0.407 e. The van der Waals surface area contributed by atoms with E-state index < -0.39 is 17.5 Å². The molecule has 0 bridgehead atoms. The van der Waals surface area contributed by atoms with Crippen molar-refractivity contribution in [2.45, 2.75) is 32.5 Å². The number of carbonyl (C=O) groups is 1. The Kier molecular flexibility index (Phi) is 5.99. The minimum absolute atomic E-state index is 0.0363. The SMILES string of the molecule is CCC1CN(Cc2ccn(Cc3ccccc3F)c(=O)c2O)CCN1C(=O)O. The Morgan fingerprint density at radius 3 is 2.61 bits per heavy atom. The van der Waals surface area contributed by atoms with Crippen molar-refractivity contribution in [3.63, 3.8) is 0 Å². The van der Waals surface area contributed by atoms with Crippen LogP contribution in [0.4, 0.5) is 9.18 Å². The quantitative estimate of drug-likeness (QED) is 0.820. The van der Waals surface area contributed by atoms with E-state index in [4.69, 9.17) is 0 Å². The van der Waals surface area contributed by atoms with E-state index in [0.717, 1.165) is 0 Å². The van der Waals surface area contributed by atoms with Crippen molar-refractivity contribution in [1.82, 2.24) is 14.4 Å². The van der Waals surface area contributed by atoms with Gasteiger partial charge in [0.05, 0.1) is 6.54 Å². The molecule has 1 aromatic carbocycles. The Balaban J connectivity index is 1.74. The zero-order valence-electron chi connectivity index (χ0n) is 15.7. The molecule has 150 valence electrons. The van der Waals surface area contributed by atoms with Gasteiger partial charge in [-0.25, -0.2) is 9.18 Å². The highest BCUT2D eigenvalue weighted by atomic mass is 19.1. The lowest BCUT2D eigenvalue weighted by Gasteiger charge is -2.39. The Labute approximate surface area is 162 Å². The van der Waals surface area contributed by atoms with Crippen LogP contribution in [0.15, 0.2) is 41.3 Å². The number of nitrogens with zero attached hydrogens (tertiary/aromatic N) is 3. The van der Waals surface area contributed by atoms with Crippen LogP contribution in [0.5, 0.6) is 5.75 Å². The fourth-order valence-electron chi connectivity index (χ4n) is 3.57. The fourth-order valence-corrected chi connectivity index (χ4v) is 3.57. The second-order valence-electron chi connectivity index (χ2n) is 6.99. The zero-order chi connectivity index (χ0) is 20.3. The van der Waals surface area contributed by atoms with Gasteiger partial charge in [0.15, 0.2) is 5.75 Å². The van der Waals surface area contributed by atoms with Crippen LogP contribution in [0.1, 0.15) is 24.5 Å². The maximum absolute atomic E-state index is 13.8. The number of amides is 1. The summed E-state index contributed by atoms with van der Waals surface area (Å²) < 4.78 is 15.1. The van der Waals surface area contributed by atoms with E-state index >= 15 is 0 Å². The summed E-state index contributed by atoms with van der Waals surface area (Å²) in [5, 5.41) is 19.6. The third kappa shape index (κ3) is 4.17. The molecule has 0 saturated carbocycles. The second kappa shape index (κ2) is 8.43. The summed E-state index contributed by atoms with van der Waals surface area (Å²) in [7, 11) is 0. The molecule has 1 atom stereocenters. The summed E-state index contributed by atoms with van der Waals surface area (Å²) in [4.78, 5) is 27.3. The topological polar surface area (TPSA) is 86.0 Å². The van der Waals surface area contributed by atoms with Gasteiger partial charge in [-0.05, 0) is 18.6 Å². The first-order valence-electron chi connectivity index (χ1n) is 9.27. The summed E-state index contributed by atoms with van der Waals surface area (Å²) >= 11 is 0. The van der Waals surface area contributed by atoms with Crippen LogP contribution < -0.4 is 5.56 Å². The van der Waals surface area contributed by atoms with Crippen LogP contribution in [0, 0.1) is 5.82 Å². The van der Waals surface area contributed by atoms with E-state index in [1.807, 2.05) is 11.8 Å². The molecule has 0 aliphatic carbocycles. The molecular formula is C20H24FN3O4. The second-order valence-corrected chi connectivity index (χ2v) is 6.99. The molecule has 7 nitrogen and oxygen atoms in total. The van der Waals surface area contributed by atoms with Gasteiger partial charge in [0.25, 0.3) is 5.56 Å². The standard InChI is InChI=1S/C20H24FN3O4/c1-2-16-13-22(9-10-24(16)20(27)28)11-15-7-8-23(19(26)18(15)25)12-14-5-3-4-6-17(14)21/h3-8,16,25H,2,9-13H2,1H3,(H,27,28). The van der Waals surface area contributed by atoms with Crippen molar-refractivity contribution in [2.75, 3.05) is 19.6 Å². The van der Waals surface area contributed by atoms with Crippen molar-refractivity contribution >= 4 is 6.09 Å². The Morgan fingerprint density at radius 1 is 1.18 bits per heavy atom. The number of pyridine rings is 1. The molecule has 1 aliphatic heterocycles. The van der Waals surface area contributed by atoms with Gasteiger partial charge in [-0.1, -0.05) is 25.1 Å². The van der Waals surface area contributed by atoms with Crippen molar-refractivity contribution in [2.24, 2.45) is 0 Å². The lowest BCUT2D eigenvalue weighted by Crippen LogP contribution is -2.54. The van der Waals surface area contributed by atoms with Gasteiger partial charge in [-0.3, -0.25) is 9.69 Å². The Hall–Kier alpha value is -2.87. The molecule has 1 aromatic heterocycles. The number of aromatic nitrogens is 1. The molecule has 3 rings (SSSR count). The van der Waals surface area contributed by atoms with Crippen LogP contribution in [-0.4, -0.2) is 56.3 Å². The monoisotopic (exact) mass is 389 g/mol. The summed E-state index contributed by atoms with van der Waals surface area (Å²) in [6.45, 7) is 3.78. The number of hydrogen-bond donors (Lipinski definition) is 2. The lowest BCUT2D eigenvalue weighted by atomic mass is 10.1. The number of benzene rings is 1. The van der Waals surface area contributed by atoms with Gasteiger partial charge in [0.1, 0.15) is 5.82 Å². The van der Waals surface area contributed by atoms with Gasteiger partial charge >= 0.3 is 6.09 Å². The predicted octanol–water partition coefficient (Wildman–Crippen LogP) is 2.32. The normalized spacial score (nSPS) is 17.6. The molecule has 2 N–H and O–H groups in total. The maximum Gasteiger partial charge on any atom is 0.407 e. The molecule has 0 radical (unpaired) electrons. The number of hydrogen-bond acceptors (Lipinski definition) is 4. The van der Waals surface area contributed by atoms with E-state index in [2.05, 4.69) is 0 Å². The lowest BCUT2D eigenvalue weighted by molar-refractivity contribution is 0.0626. The Morgan fingerprint density at radius 2 is 1.93 bits per heavy atom. The molecule has 2 heterocycles. The predicted molar refractivity (Wildman–Crippen MR) is 102 cm³/mol. The van der Waals surface area contributed by atoms with Crippen molar-refractivity contribution in [1.29, 1.82) is 0 Å². The molecule has 2 aromatic rings. The van der Waals surface area contributed by atoms with Gasteiger partial charge in [0.2, 0.25) is 0 Å². The van der Waals surface area contributed by atoms with E-state index in [1.54, 1.807) is 30.5 Å².